The van der Waals surface area contributed by atoms with Crippen LogP contribution in [-0.2, 0) is 20.8 Å². The first-order valence-corrected chi connectivity index (χ1v) is 11.3. The van der Waals surface area contributed by atoms with Crippen molar-refractivity contribution in [2.45, 2.75) is 24.6 Å². The van der Waals surface area contributed by atoms with E-state index < -0.39 is 12.1 Å². The Balaban J connectivity index is 0.000000479. The van der Waals surface area contributed by atoms with Crippen molar-refractivity contribution in [3.05, 3.63) is 59.9 Å². The van der Waals surface area contributed by atoms with Crippen LogP contribution in [0.3, 0.4) is 0 Å². The van der Waals surface area contributed by atoms with Crippen LogP contribution in [0.5, 0.6) is 5.75 Å². The van der Waals surface area contributed by atoms with Crippen LogP contribution in [0.4, 0.5) is 23.2 Å². The number of alkyl halides is 3. The zero-order valence-electron chi connectivity index (χ0n) is 20.3. The maximum Gasteiger partial charge on any atom is 0.490 e. The third-order valence-corrected chi connectivity index (χ3v) is 6.47. The van der Waals surface area contributed by atoms with Gasteiger partial charge in [-0.1, -0.05) is 18.2 Å². The average molecular weight is 525 g/mol. The van der Waals surface area contributed by atoms with Gasteiger partial charge in [-0.3, -0.25) is 14.5 Å². The fraction of sp³-hybridized carbons (Fsp3) is 0.400. The lowest BCUT2D eigenvalue weighted by molar-refractivity contribution is -0.192. The van der Waals surface area contributed by atoms with Gasteiger partial charge in [-0.2, -0.15) is 13.2 Å². The summed E-state index contributed by atoms with van der Waals surface area (Å²) < 4.78 is 50.7. The molecule has 2 amide bonds. The van der Waals surface area contributed by atoms with Crippen LogP contribution >= 0.6 is 0 Å². The van der Waals surface area contributed by atoms with E-state index in [1.165, 1.54) is 12.1 Å². The Bertz CT molecular complexity index is 1160. The quantitative estimate of drug-likeness (QED) is 0.618. The summed E-state index contributed by atoms with van der Waals surface area (Å²) in [4.78, 5) is 40.1. The number of benzene rings is 2. The summed E-state index contributed by atoms with van der Waals surface area (Å²) in [5, 5.41) is 7.12. The lowest BCUT2D eigenvalue weighted by Gasteiger charge is -2.46. The van der Waals surface area contributed by atoms with E-state index in [0.717, 1.165) is 17.7 Å². The zero-order valence-corrected chi connectivity index (χ0v) is 20.3. The van der Waals surface area contributed by atoms with Crippen molar-refractivity contribution < 1.29 is 41.8 Å². The van der Waals surface area contributed by atoms with Gasteiger partial charge < -0.3 is 19.6 Å². The number of anilines is 1. The highest BCUT2D eigenvalue weighted by molar-refractivity contribution is 5.96. The molecule has 2 heterocycles. The third kappa shape index (κ3) is 6.76. The highest BCUT2D eigenvalue weighted by Crippen LogP contribution is 2.34. The molecule has 4 rings (SSSR count). The Kier molecular flexibility index (Phi) is 8.42. The van der Waals surface area contributed by atoms with Crippen LogP contribution < -0.4 is 9.64 Å². The van der Waals surface area contributed by atoms with E-state index in [-0.39, 0.29) is 29.7 Å². The van der Waals surface area contributed by atoms with Crippen LogP contribution in [0.1, 0.15) is 12.0 Å². The Morgan fingerprint density at radius 3 is 2.41 bits per heavy atom. The number of hydrogen-bond acceptors (Lipinski definition) is 5. The molecule has 1 N–H and O–H groups in total. The number of rotatable bonds is 4. The molecule has 12 heteroatoms. The largest absolute Gasteiger partial charge is 0.497 e. The molecule has 0 saturated carbocycles. The van der Waals surface area contributed by atoms with E-state index in [1.54, 1.807) is 24.1 Å². The van der Waals surface area contributed by atoms with Crippen LogP contribution in [0.2, 0.25) is 0 Å². The Hall–Kier alpha value is -3.67. The highest BCUT2D eigenvalue weighted by atomic mass is 19.4. The molecule has 200 valence electrons. The number of likely N-dealkylation sites (N-methyl/N-ethyl adjacent to an activating group) is 1. The van der Waals surface area contributed by atoms with E-state index >= 15 is 0 Å². The average Bonchev–Trinajstić information content (AvgIpc) is 3.27. The monoisotopic (exact) mass is 525 g/mol. The van der Waals surface area contributed by atoms with Gasteiger partial charge in [0.15, 0.2) is 0 Å². The Morgan fingerprint density at radius 2 is 1.78 bits per heavy atom. The summed E-state index contributed by atoms with van der Waals surface area (Å²) in [6.07, 6.45) is -4.00. The summed E-state index contributed by atoms with van der Waals surface area (Å²) in [5.41, 5.74) is 1.15. The summed E-state index contributed by atoms with van der Waals surface area (Å²) >= 11 is 0. The van der Waals surface area contributed by atoms with Gasteiger partial charge in [-0.15, -0.1) is 0 Å². The maximum absolute atomic E-state index is 13.7. The number of carbonyl (C=O) groups is 3. The number of carboxylic acid groups (broad SMARTS) is 1. The lowest BCUT2D eigenvalue weighted by Crippen LogP contribution is -2.64. The minimum Gasteiger partial charge on any atom is -0.497 e. The topological polar surface area (TPSA) is 90.4 Å². The minimum absolute atomic E-state index is 0.0581. The number of amides is 2. The van der Waals surface area contributed by atoms with Crippen molar-refractivity contribution in [3.63, 3.8) is 0 Å². The molecule has 8 nitrogen and oxygen atoms in total. The van der Waals surface area contributed by atoms with Gasteiger partial charge in [0.2, 0.25) is 11.8 Å². The third-order valence-electron chi connectivity index (χ3n) is 6.47. The number of ether oxygens (including phenoxy) is 1. The number of nitrogens with zero attached hydrogens (tertiary/aromatic N) is 3. The molecule has 0 aliphatic carbocycles. The second kappa shape index (κ2) is 11.2. The van der Waals surface area contributed by atoms with Crippen LogP contribution in [-0.4, -0.2) is 84.7 Å². The number of carboxylic acids is 1. The van der Waals surface area contributed by atoms with Crippen molar-refractivity contribution >= 4 is 23.5 Å². The number of halogens is 4. The normalized spacial score (nSPS) is 20.0. The first kappa shape index (κ1) is 27.9. The second-order valence-electron chi connectivity index (χ2n) is 8.94. The van der Waals surface area contributed by atoms with E-state index in [4.69, 9.17) is 14.6 Å². The molecule has 2 fully saturated rings. The molecule has 0 radical (unpaired) electrons. The molecule has 2 aromatic rings. The number of likely N-dealkylation sites (tertiary alicyclic amines) is 1. The fourth-order valence-corrected chi connectivity index (χ4v) is 4.42. The molecule has 0 aromatic heterocycles. The molecule has 2 aliphatic heterocycles. The Labute approximate surface area is 211 Å². The summed E-state index contributed by atoms with van der Waals surface area (Å²) in [6.45, 7) is 1.87. The zero-order chi connectivity index (χ0) is 27.4. The maximum atomic E-state index is 13.7. The van der Waals surface area contributed by atoms with E-state index in [9.17, 15) is 27.2 Å². The fourth-order valence-electron chi connectivity index (χ4n) is 4.42. The smallest absolute Gasteiger partial charge is 0.490 e. The number of piperazine rings is 1. The van der Waals surface area contributed by atoms with Crippen molar-refractivity contribution in [1.82, 2.24) is 9.80 Å². The molecule has 0 bridgehead atoms. The molecular formula is C25H27F4N3O5. The van der Waals surface area contributed by atoms with Gasteiger partial charge >= 0.3 is 12.1 Å². The van der Waals surface area contributed by atoms with Crippen LogP contribution in [0, 0.1) is 5.82 Å². The number of aliphatic carboxylic acids is 1. The van der Waals surface area contributed by atoms with Gasteiger partial charge in [0.1, 0.15) is 11.6 Å². The molecular weight excluding hydrogens is 498 g/mol. The summed E-state index contributed by atoms with van der Waals surface area (Å²) in [6, 6.07) is 13.6. The molecule has 1 atom stereocenters. The first-order chi connectivity index (χ1) is 17.3. The summed E-state index contributed by atoms with van der Waals surface area (Å²) in [7, 11) is 3.53. The number of methoxy groups -OCH3 is 1. The van der Waals surface area contributed by atoms with E-state index in [0.29, 0.717) is 31.7 Å². The van der Waals surface area contributed by atoms with Gasteiger partial charge in [0.05, 0.1) is 25.6 Å². The van der Waals surface area contributed by atoms with Crippen molar-refractivity contribution in [3.8, 4) is 5.75 Å². The van der Waals surface area contributed by atoms with Crippen molar-refractivity contribution in [2.24, 2.45) is 0 Å². The standard InChI is InChI=1S/C23H26FN3O3.C2HF3O2/c1-25-14-22(29)27(19-7-4-6-18(24)13-19)16-23(25)9-10-26(15-23)21(28)12-17-5-3-8-20(11-17)30-2;3-2(4,5)1(6)7/h3-8,11,13H,9-10,12,14-16H2,1-2H3;(H,6,7). The predicted octanol–water partition coefficient (Wildman–Crippen LogP) is 2.96. The molecule has 1 unspecified atom stereocenters. The second-order valence-corrected chi connectivity index (χ2v) is 8.94. The predicted molar refractivity (Wildman–Crippen MR) is 126 cm³/mol. The van der Waals surface area contributed by atoms with Gasteiger partial charge in [-0.05, 0) is 49.4 Å². The van der Waals surface area contributed by atoms with Gasteiger partial charge in [0, 0.05) is 25.3 Å². The van der Waals surface area contributed by atoms with Gasteiger partial charge in [0.25, 0.3) is 0 Å². The lowest BCUT2D eigenvalue weighted by atomic mass is 9.92. The van der Waals surface area contributed by atoms with E-state index in [1.807, 2.05) is 41.1 Å². The molecule has 2 aliphatic rings. The molecule has 2 saturated heterocycles. The van der Waals surface area contributed by atoms with Crippen molar-refractivity contribution in [1.29, 1.82) is 0 Å². The van der Waals surface area contributed by atoms with Gasteiger partial charge in [-0.25, -0.2) is 9.18 Å². The summed E-state index contributed by atoms with van der Waals surface area (Å²) in [5.74, 6) is -2.39. The van der Waals surface area contributed by atoms with Crippen molar-refractivity contribution in [2.75, 3.05) is 45.2 Å². The SMILES string of the molecule is COc1cccc(CC(=O)N2CCC3(C2)CN(c2cccc(F)c2)C(=O)CN3C)c1.O=C(O)C(F)(F)F. The Morgan fingerprint density at radius 1 is 1.11 bits per heavy atom. The van der Waals surface area contributed by atoms with E-state index in [2.05, 4.69) is 0 Å². The molecule has 2 aromatic carbocycles. The number of carbonyl (C=O) groups excluding carboxylic acids is 2. The minimum atomic E-state index is -5.08. The molecule has 37 heavy (non-hydrogen) atoms. The first-order valence-electron chi connectivity index (χ1n) is 11.3. The highest BCUT2D eigenvalue weighted by Gasteiger charge is 2.48. The van der Waals surface area contributed by atoms with Crippen LogP contribution in [0.25, 0.3) is 0 Å². The van der Waals surface area contributed by atoms with Crippen LogP contribution in [0.15, 0.2) is 48.5 Å². The molecule has 1 spiro atoms. The number of hydrogen-bond donors (Lipinski definition) is 1.